The second kappa shape index (κ2) is 12.6. The largest absolute Gasteiger partial charge is 0.493 e. The monoisotopic (exact) mass is 516 g/mol. The van der Waals surface area contributed by atoms with Gasteiger partial charge in [0.25, 0.3) is 0 Å². The maximum absolute atomic E-state index is 6.27. The standard InChI is InChI=1S/C31H40N4O3/c1-24(2)38-29-12-8-7-11-27(29)28-23-33(13-14-35(28)22-25-9-5-4-6-10-25)21-26-19-30(36-3)31(32-20-26)34-15-17-37-18-16-34/h4-12,19-20,24,28H,13-18,21-23H2,1-3H3/t28-/m1/s1. The molecule has 3 aromatic rings. The number of anilines is 1. The van der Waals surface area contributed by atoms with Gasteiger partial charge in [-0.25, -0.2) is 4.98 Å². The summed E-state index contributed by atoms with van der Waals surface area (Å²) < 4.78 is 17.5. The summed E-state index contributed by atoms with van der Waals surface area (Å²) in [7, 11) is 1.73. The van der Waals surface area contributed by atoms with Crippen LogP contribution in [0.4, 0.5) is 5.82 Å². The number of nitrogens with zero attached hydrogens (tertiary/aromatic N) is 4. The molecular weight excluding hydrogens is 476 g/mol. The van der Waals surface area contributed by atoms with Gasteiger partial charge < -0.3 is 19.1 Å². The SMILES string of the molecule is COc1cc(CN2CCN(Cc3ccccc3)[C@@H](c3ccccc3OC(C)C)C2)cnc1N1CCOCC1. The molecule has 0 radical (unpaired) electrons. The lowest BCUT2D eigenvalue weighted by molar-refractivity contribution is 0.0612. The molecule has 2 fully saturated rings. The van der Waals surface area contributed by atoms with Crippen molar-refractivity contribution in [1.82, 2.24) is 14.8 Å². The van der Waals surface area contributed by atoms with Crippen LogP contribution < -0.4 is 14.4 Å². The first-order valence-corrected chi connectivity index (χ1v) is 13.7. The molecule has 38 heavy (non-hydrogen) atoms. The van der Waals surface area contributed by atoms with Gasteiger partial charge in [-0.3, -0.25) is 9.80 Å². The summed E-state index contributed by atoms with van der Waals surface area (Å²) in [6.45, 7) is 11.9. The van der Waals surface area contributed by atoms with Crippen molar-refractivity contribution in [3.63, 3.8) is 0 Å². The van der Waals surface area contributed by atoms with Gasteiger partial charge in [0.2, 0.25) is 0 Å². The molecule has 1 atom stereocenters. The predicted octanol–water partition coefficient (Wildman–Crippen LogP) is 4.77. The van der Waals surface area contributed by atoms with E-state index in [0.29, 0.717) is 0 Å². The van der Waals surface area contributed by atoms with E-state index in [1.165, 1.54) is 16.7 Å². The minimum atomic E-state index is 0.127. The molecule has 2 aromatic carbocycles. The van der Waals surface area contributed by atoms with E-state index in [4.69, 9.17) is 19.2 Å². The van der Waals surface area contributed by atoms with Crippen molar-refractivity contribution in [2.45, 2.75) is 39.1 Å². The van der Waals surface area contributed by atoms with E-state index in [1.807, 2.05) is 6.20 Å². The second-order valence-corrected chi connectivity index (χ2v) is 10.4. The summed E-state index contributed by atoms with van der Waals surface area (Å²) >= 11 is 0. The van der Waals surface area contributed by atoms with Crippen molar-refractivity contribution in [1.29, 1.82) is 0 Å². The average Bonchev–Trinajstić information content (AvgIpc) is 2.95. The number of aromatic nitrogens is 1. The highest BCUT2D eigenvalue weighted by molar-refractivity contribution is 5.53. The van der Waals surface area contributed by atoms with Crippen molar-refractivity contribution < 1.29 is 14.2 Å². The highest BCUT2D eigenvalue weighted by Gasteiger charge is 2.31. The molecule has 2 aliphatic heterocycles. The summed E-state index contributed by atoms with van der Waals surface area (Å²) in [4.78, 5) is 12.2. The van der Waals surface area contributed by atoms with Crippen LogP contribution >= 0.6 is 0 Å². The van der Waals surface area contributed by atoms with Crippen LogP contribution in [0.25, 0.3) is 0 Å². The highest BCUT2D eigenvalue weighted by Crippen LogP contribution is 2.35. The van der Waals surface area contributed by atoms with Crippen LogP contribution in [-0.2, 0) is 17.8 Å². The van der Waals surface area contributed by atoms with Gasteiger partial charge >= 0.3 is 0 Å². The highest BCUT2D eigenvalue weighted by atomic mass is 16.5. The third-order valence-electron chi connectivity index (χ3n) is 7.27. The lowest BCUT2D eigenvalue weighted by atomic mass is 9.99. The molecule has 7 heteroatoms. The van der Waals surface area contributed by atoms with E-state index in [-0.39, 0.29) is 12.1 Å². The Morgan fingerprint density at radius 1 is 0.895 bits per heavy atom. The van der Waals surface area contributed by atoms with E-state index in [9.17, 15) is 0 Å². The minimum absolute atomic E-state index is 0.127. The molecule has 5 rings (SSSR count). The second-order valence-electron chi connectivity index (χ2n) is 10.4. The summed E-state index contributed by atoms with van der Waals surface area (Å²) in [5, 5.41) is 0. The number of ether oxygens (including phenoxy) is 3. The number of pyridine rings is 1. The molecule has 0 bridgehead atoms. The number of para-hydroxylation sites is 1. The zero-order valence-corrected chi connectivity index (χ0v) is 22.9. The molecule has 3 heterocycles. The van der Waals surface area contributed by atoms with Gasteiger partial charge in [-0.2, -0.15) is 0 Å². The maximum Gasteiger partial charge on any atom is 0.171 e. The van der Waals surface area contributed by atoms with Gasteiger partial charge in [-0.05, 0) is 37.1 Å². The Bertz CT molecular complexity index is 1170. The number of benzene rings is 2. The number of methoxy groups -OCH3 is 1. The lowest BCUT2D eigenvalue weighted by Gasteiger charge is -2.42. The molecule has 0 aliphatic carbocycles. The Hall–Kier alpha value is -3.13. The number of hydrogen-bond acceptors (Lipinski definition) is 7. The number of piperazine rings is 1. The molecule has 0 N–H and O–H groups in total. The Morgan fingerprint density at radius 2 is 1.66 bits per heavy atom. The van der Waals surface area contributed by atoms with Crippen LogP contribution in [0.1, 0.15) is 36.6 Å². The van der Waals surface area contributed by atoms with E-state index in [2.05, 4.69) is 89.2 Å². The van der Waals surface area contributed by atoms with Gasteiger partial charge in [0.15, 0.2) is 11.6 Å². The van der Waals surface area contributed by atoms with E-state index < -0.39 is 0 Å². The van der Waals surface area contributed by atoms with Gasteiger partial charge in [-0.15, -0.1) is 0 Å². The topological polar surface area (TPSA) is 50.3 Å². The molecule has 202 valence electrons. The van der Waals surface area contributed by atoms with Crippen LogP contribution in [0.2, 0.25) is 0 Å². The number of hydrogen-bond donors (Lipinski definition) is 0. The van der Waals surface area contributed by atoms with E-state index in [0.717, 1.165) is 76.3 Å². The lowest BCUT2D eigenvalue weighted by Crippen LogP contribution is -2.47. The van der Waals surface area contributed by atoms with Crippen LogP contribution in [0, 0.1) is 0 Å². The summed E-state index contributed by atoms with van der Waals surface area (Å²) in [6.07, 6.45) is 2.14. The molecule has 7 nitrogen and oxygen atoms in total. The van der Waals surface area contributed by atoms with E-state index in [1.54, 1.807) is 7.11 Å². The van der Waals surface area contributed by atoms with Gasteiger partial charge in [0, 0.05) is 57.6 Å². The van der Waals surface area contributed by atoms with Crippen LogP contribution in [0.15, 0.2) is 66.9 Å². The summed E-state index contributed by atoms with van der Waals surface area (Å²) in [5.74, 6) is 2.72. The molecule has 0 saturated carbocycles. The molecular formula is C31H40N4O3. The Morgan fingerprint density at radius 3 is 2.42 bits per heavy atom. The predicted molar refractivity (Wildman–Crippen MR) is 151 cm³/mol. The fourth-order valence-corrected chi connectivity index (χ4v) is 5.43. The van der Waals surface area contributed by atoms with Crippen molar-refractivity contribution >= 4 is 5.82 Å². The fraction of sp³-hybridized carbons (Fsp3) is 0.452. The van der Waals surface area contributed by atoms with Gasteiger partial charge in [0.1, 0.15) is 5.75 Å². The normalized spacial score (nSPS) is 19.1. The van der Waals surface area contributed by atoms with E-state index >= 15 is 0 Å². The molecule has 0 amide bonds. The Kier molecular flexibility index (Phi) is 8.79. The molecule has 0 spiro atoms. The minimum Gasteiger partial charge on any atom is -0.493 e. The van der Waals surface area contributed by atoms with Gasteiger partial charge in [0.05, 0.1) is 32.5 Å². The zero-order valence-electron chi connectivity index (χ0n) is 22.9. The maximum atomic E-state index is 6.27. The third kappa shape index (κ3) is 6.46. The van der Waals surface area contributed by atoms with Crippen molar-refractivity contribution in [3.8, 4) is 11.5 Å². The van der Waals surface area contributed by atoms with Crippen molar-refractivity contribution in [2.75, 3.05) is 57.9 Å². The smallest absolute Gasteiger partial charge is 0.171 e. The van der Waals surface area contributed by atoms with Crippen molar-refractivity contribution in [2.24, 2.45) is 0 Å². The first-order chi connectivity index (χ1) is 18.6. The average molecular weight is 517 g/mol. The Labute approximate surface area is 226 Å². The van der Waals surface area contributed by atoms with Crippen LogP contribution in [-0.4, -0.2) is 73.9 Å². The van der Waals surface area contributed by atoms with Crippen LogP contribution in [0.3, 0.4) is 0 Å². The quantitative estimate of drug-likeness (QED) is 0.406. The molecule has 2 saturated heterocycles. The first-order valence-electron chi connectivity index (χ1n) is 13.7. The van der Waals surface area contributed by atoms with Crippen molar-refractivity contribution in [3.05, 3.63) is 83.6 Å². The Balaban J connectivity index is 1.36. The summed E-state index contributed by atoms with van der Waals surface area (Å²) in [6, 6.07) is 21.7. The summed E-state index contributed by atoms with van der Waals surface area (Å²) in [5.41, 5.74) is 3.75. The molecule has 2 aliphatic rings. The molecule has 1 aromatic heterocycles. The number of morpholine rings is 1. The van der Waals surface area contributed by atoms with Crippen LogP contribution in [0.5, 0.6) is 11.5 Å². The number of rotatable bonds is 9. The first kappa shape index (κ1) is 26.5. The fourth-order valence-electron chi connectivity index (χ4n) is 5.43. The zero-order chi connectivity index (χ0) is 26.3. The van der Waals surface area contributed by atoms with Gasteiger partial charge in [-0.1, -0.05) is 48.5 Å². The molecule has 0 unspecified atom stereocenters. The third-order valence-corrected chi connectivity index (χ3v) is 7.27.